The maximum Gasteiger partial charge on any atom is 0.130 e. The van der Waals surface area contributed by atoms with Gasteiger partial charge in [-0.05, 0) is 53.5 Å². The molecule has 0 spiro atoms. The molecule has 0 aliphatic carbocycles. The third-order valence-electron chi connectivity index (χ3n) is 2.95. The molecule has 0 radical (unpaired) electrons. The Morgan fingerprint density at radius 2 is 1.85 bits per heavy atom. The Labute approximate surface area is 117 Å². The van der Waals surface area contributed by atoms with Gasteiger partial charge in [0, 0.05) is 0 Å². The molecule has 2 nitrogen and oxygen atoms in total. The number of nitrogens with zero attached hydrogens (tertiary/aromatic N) is 2. The topological polar surface area (TPSA) is 47.6 Å². The fourth-order valence-corrected chi connectivity index (χ4v) is 1.96. The third kappa shape index (κ3) is 2.91. The van der Waals surface area contributed by atoms with Crippen molar-refractivity contribution in [2.24, 2.45) is 0 Å². The van der Waals surface area contributed by atoms with E-state index in [2.05, 4.69) is 0 Å². The highest BCUT2D eigenvalue weighted by Gasteiger charge is 2.04. The minimum absolute atomic E-state index is 0.0399. The smallest absolute Gasteiger partial charge is 0.130 e. The van der Waals surface area contributed by atoms with Gasteiger partial charge in [-0.3, -0.25) is 0 Å². The zero-order chi connectivity index (χ0) is 14.5. The molecule has 0 aliphatic heterocycles. The molecular formula is C17H11FN2. The minimum Gasteiger partial charge on any atom is -0.207 e. The van der Waals surface area contributed by atoms with Crippen molar-refractivity contribution in [3.05, 3.63) is 65.0 Å². The van der Waals surface area contributed by atoms with E-state index in [1.54, 1.807) is 12.1 Å². The summed E-state index contributed by atoms with van der Waals surface area (Å²) >= 11 is 0. The second-order valence-electron chi connectivity index (χ2n) is 4.37. The maximum atomic E-state index is 13.4. The third-order valence-corrected chi connectivity index (χ3v) is 2.95. The van der Waals surface area contributed by atoms with Crippen LogP contribution in [0.1, 0.15) is 11.1 Å². The highest BCUT2D eigenvalue weighted by atomic mass is 19.1. The summed E-state index contributed by atoms with van der Waals surface area (Å²) in [5.74, 6) is -0.290. The van der Waals surface area contributed by atoms with E-state index in [4.69, 9.17) is 10.5 Å². The van der Waals surface area contributed by atoms with Gasteiger partial charge >= 0.3 is 0 Å². The van der Waals surface area contributed by atoms with E-state index >= 15 is 0 Å². The van der Waals surface area contributed by atoms with Crippen LogP contribution >= 0.6 is 0 Å². The fraction of sp³-hybridized carbons (Fsp3) is 0.0588. The summed E-state index contributed by atoms with van der Waals surface area (Å²) in [5.41, 5.74) is 3.40. The molecule has 20 heavy (non-hydrogen) atoms. The van der Waals surface area contributed by atoms with Crippen LogP contribution in [0.5, 0.6) is 0 Å². The summed E-state index contributed by atoms with van der Waals surface area (Å²) in [6, 6.07) is 15.6. The zero-order valence-electron chi connectivity index (χ0n) is 10.9. The molecule has 2 aromatic carbocycles. The van der Waals surface area contributed by atoms with Crippen LogP contribution in [0.4, 0.5) is 4.39 Å². The van der Waals surface area contributed by atoms with Crippen LogP contribution in [0.3, 0.4) is 0 Å². The Bertz CT molecular complexity index is 745. The van der Waals surface area contributed by atoms with Crippen LogP contribution in [-0.2, 0) is 0 Å². The first-order valence-electron chi connectivity index (χ1n) is 6.02. The van der Waals surface area contributed by atoms with Crippen molar-refractivity contribution in [1.29, 1.82) is 10.5 Å². The lowest BCUT2D eigenvalue weighted by atomic mass is 9.98. The quantitative estimate of drug-likeness (QED) is 0.760. The molecule has 3 heteroatoms. The summed E-state index contributed by atoms with van der Waals surface area (Å²) in [6.07, 6.45) is 1.51. The number of rotatable bonds is 2. The summed E-state index contributed by atoms with van der Waals surface area (Å²) in [4.78, 5) is 0. The van der Waals surface area contributed by atoms with Gasteiger partial charge in [-0.15, -0.1) is 0 Å². The maximum absolute atomic E-state index is 13.4. The van der Waals surface area contributed by atoms with E-state index in [-0.39, 0.29) is 11.4 Å². The van der Waals surface area contributed by atoms with Crippen molar-refractivity contribution in [3.8, 4) is 23.3 Å². The van der Waals surface area contributed by atoms with E-state index in [0.29, 0.717) is 0 Å². The van der Waals surface area contributed by atoms with Gasteiger partial charge < -0.3 is 0 Å². The lowest BCUT2D eigenvalue weighted by molar-refractivity contribution is 0.628. The molecule has 0 unspecified atom stereocenters. The second kappa shape index (κ2) is 5.82. The minimum atomic E-state index is -0.290. The number of benzene rings is 2. The highest BCUT2D eigenvalue weighted by molar-refractivity contribution is 5.72. The van der Waals surface area contributed by atoms with E-state index in [1.165, 1.54) is 18.2 Å². The van der Waals surface area contributed by atoms with Gasteiger partial charge in [0.25, 0.3) is 0 Å². The molecule has 0 heterocycles. The van der Waals surface area contributed by atoms with Gasteiger partial charge in [0.1, 0.15) is 23.5 Å². The summed E-state index contributed by atoms with van der Waals surface area (Å²) in [6.45, 7) is 1.91. The predicted octanol–water partition coefficient (Wildman–Crippen LogP) is 4.23. The number of nitriles is 2. The van der Waals surface area contributed by atoms with Crippen molar-refractivity contribution in [2.75, 3.05) is 0 Å². The van der Waals surface area contributed by atoms with Crippen LogP contribution in [0.25, 0.3) is 17.2 Å². The summed E-state index contributed by atoms with van der Waals surface area (Å²) in [5, 5.41) is 17.5. The van der Waals surface area contributed by atoms with E-state index in [9.17, 15) is 4.39 Å². The van der Waals surface area contributed by atoms with Gasteiger partial charge in [0.05, 0.1) is 0 Å². The first kappa shape index (κ1) is 13.5. The predicted molar refractivity (Wildman–Crippen MR) is 75.8 cm³/mol. The van der Waals surface area contributed by atoms with E-state index < -0.39 is 0 Å². The Morgan fingerprint density at radius 3 is 2.55 bits per heavy atom. The number of hydrogen-bond donors (Lipinski definition) is 0. The van der Waals surface area contributed by atoms with Crippen molar-refractivity contribution in [2.45, 2.75) is 6.92 Å². The Kier molecular flexibility index (Phi) is 3.93. The molecule has 0 fully saturated rings. The Balaban J connectivity index is 2.51. The number of aryl methyl sites for hydroxylation is 1. The molecule has 96 valence electrons. The standard InChI is InChI=1S/C17H11FN2/c1-12-5-6-16(18)9-17(12)15-4-2-3-13(8-15)7-14(10-19)11-20/h2-9H,1H3. The molecule has 0 amide bonds. The zero-order valence-corrected chi connectivity index (χ0v) is 10.9. The van der Waals surface area contributed by atoms with Crippen molar-refractivity contribution < 1.29 is 4.39 Å². The SMILES string of the molecule is Cc1ccc(F)cc1-c1cccc(C=C(C#N)C#N)c1. The van der Waals surface area contributed by atoms with E-state index in [0.717, 1.165) is 22.3 Å². The van der Waals surface area contributed by atoms with Gasteiger partial charge in [-0.25, -0.2) is 4.39 Å². The molecule has 2 rings (SSSR count). The second-order valence-corrected chi connectivity index (χ2v) is 4.37. The Hall–Kier alpha value is -2.91. The molecule has 0 N–H and O–H groups in total. The Morgan fingerprint density at radius 1 is 1.10 bits per heavy atom. The molecule has 0 bridgehead atoms. The lowest BCUT2D eigenvalue weighted by Crippen LogP contribution is -1.86. The van der Waals surface area contributed by atoms with Gasteiger partial charge in [0.15, 0.2) is 0 Å². The van der Waals surface area contributed by atoms with Crippen molar-refractivity contribution in [3.63, 3.8) is 0 Å². The van der Waals surface area contributed by atoms with Gasteiger partial charge in [-0.2, -0.15) is 10.5 Å². The van der Waals surface area contributed by atoms with E-state index in [1.807, 2.05) is 37.3 Å². The fourth-order valence-electron chi connectivity index (χ4n) is 1.96. The molecule has 0 atom stereocenters. The van der Waals surface area contributed by atoms with Crippen LogP contribution < -0.4 is 0 Å². The van der Waals surface area contributed by atoms with Crippen molar-refractivity contribution in [1.82, 2.24) is 0 Å². The average Bonchev–Trinajstić information content (AvgIpc) is 2.47. The van der Waals surface area contributed by atoms with Crippen molar-refractivity contribution >= 4 is 6.08 Å². The summed E-state index contributed by atoms with van der Waals surface area (Å²) in [7, 11) is 0. The van der Waals surface area contributed by atoms with Crippen LogP contribution in [0.15, 0.2) is 48.0 Å². The largest absolute Gasteiger partial charge is 0.207 e. The van der Waals surface area contributed by atoms with Gasteiger partial charge in [0.2, 0.25) is 0 Å². The normalized spacial score (nSPS) is 9.40. The molecular weight excluding hydrogens is 251 g/mol. The molecule has 0 saturated heterocycles. The molecule has 2 aromatic rings. The average molecular weight is 262 g/mol. The highest BCUT2D eigenvalue weighted by Crippen LogP contribution is 2.25. The first-order valence-corrected chi connectivity index (χ1v) is 6.02. The molecule has 0 saturated carbocycles. The lowest BCUT2D eigenvalue weighted by Gasteiger charge is -2.07. The van der Waals surface area contributed by atoms with Crippen LogP contribution in [0.2, 0.25) is 0 Å². The van der Waals surface area contributed by atoms with Crippen LogP contribution in [0, 0.1) is 35.4 Å². The molecule has 0 aromatic heterocycles. The molecule has 0 aliphatic rings. The number of halogens is 1. The monoisotopic (exact) mass is 262 g/mol. The first-order chi connectivity index (χ1) is 9.63. The summed E-state index contributed by atoms with van der Waals surface area (Å²) < 4.78 is 13.4. The number of allylic oxidation sites excluding steroid dienone is 1. The van der Waals surface area contributed by atoms with Crippen LogP contribution in [-0.4, -0.2) is 0 Å². The number of hydrogen-bond acceptors (Lipinski definition) is 2. The van der Waals surface area contributed by atoms with Gasteiger partial charge in [-0.1, -0.05) is 24.3 Å².